The van der Waals surface area contributed by atoms with Crippen LogP contribution >= 0.6 is 12.2 Å². The number of aromatic nitrogens is 3. The number of nitrogens with one attached hydrogen (secondary N) is 1. The van der Waals surface area contributed by atoms with E-state index in [1.165, 1.54) is 0 Å². The average molecular weight is 340 g/mol. The first-order valence-electron chi connectivity index (χ1n) is 7.22. The molecule has 0 fully saturated rings. The van der Waals surface area contributed by atoms with Gasteiger partial charge in [0, 0.05) is 17.2 Å². The van der Waals surface area contributed by atoms with Gasteiger partial charge in [-0.05, 0) is 24.4 Å². The van der Waals surface area contributed by atoms with E-state index in [4.69, 9.17) is 21.7 Å². The second kappa shape index (κ2) is 7.10. The van der Waals surface area contributed by atoms with E-state index in [0.29, 0.717) is 22.1 Å². The van der Waals surface area contributed by atoms with E-state index >= 15 is 0 Å². The Hall–Kier alpha value is -2.93. The van der Waals surface area contributed by atoms with Crippen molar-refractivity contribution in [3.8, 4) is 22.9 Å². The van der Waals surface area contributed by atoms with Crippen molar-refractivity contribution in [2.75, 3.05) is 14.2 Å². The molecule has 1 aromatic heterocycles. The van der Waals surface area contributed by atoms with Crippen LogP contribution in [0.15, 0.2) is 53.6 Å². The fourth-order valence-corrected chi connectivity index (χ4v) is 2.40. The van der Waals surface area contributed by atoms with Crippen LogP contribution in [0.3, 0.4) is 0 Å². The molecular weight excluding hydrogens is 324 g/mol. The monoisotopic (exact) mass is 340 g/mol. The van der Waals surface area contributed by atoms with Crippen molar-refractivity contribution in [1.29, 1.82) is 0 Å². The fraction of sp³-hybridized carbons (Fsp3) is 0.118. The summed E-state index contributed by atoms with van der Waals surface area (Å²) in [6, 6.07) is 15.2. The predicted molar refractivity (Wildman–Crippen MR) is 95.4 cm³/mol. The second-order valence-corrected chi connectivity index (χ2v) is 5.27. The molecule has 0 aliphatic carbocycles. The fourth-order valence-electron chi connectivity index (χ4n) is 2.22. The lowest BCUT2D eigenvalue weighted by molar-refractivity contribution is 0.394. The number of H-pyrrole nitrogens is 1. The quantitative estimate of drug-likeness (QED) is 0.570. The van der Waals surface area contributed by atoms with Crippen molar-refractivity contribution in [3.63, 3.8) is 0 Å². The van der Waals surface area contributed by atoms with Crippen LogP contribution in [-0.4, -0.2) is 35.3 Å². The molecule has 7 heteroatoms. The number of hydrogen-bond acceptors (Lipinski definition) is 5. The molecule has 0 atom stereocenters. The smallest absolute Gasteiger partial charge is 0.216 e. The maximum absolute atomic E-state index is 5.37. The van der Waals surface area contributed by atoms with Crippen molar-refractivity contribution < 1.29 is 9.47 Å². The van der Waals surface area contributed by atoms with Gasteiger partial charge < -0.3 is 9.47 Å². The molecule has 0 unspecified atom stereocenters. The Bertz CT molecular complexity index is 916. The molecule has 3 aromatic rings. The predicted octanol–water partition coefficient (Wildman–Crippen LogP) is 3.51. The summed E-state index contributed by atoms with van der Waals surface area (Å²) < 4.78 is 12.6. The first-order chi connectivity index (χ1) is 11.7. The van der Waals surface area contributed by atoms with Crippen LogP contribution < -0.4 is 9.47 Å². The summed E-state index contributed by atoms with van der Waals surface area (Å²) >= 11 is 5.27. The summed E-state index contributed by atoms with van der Waals surface area (Å²) in [5.74, 6) is 2.02. The van der Waals surface area contributed by atoms with Gasteiger partial charge in [-0.1, -0.05) is 30.3 Å². The summed E-state index contributed by atoms with van der Waals surface area (Å²) in [5, 5.41) is 11.5. The molecule has 0 amide bonds. The summed E-state index contributed by atoms with van der Waals surface area (Å²) in [6.07, 6.45) is 1.68. The van der Waals surface area contributed by atoms with Gasteiger partial charge in [-0.15, -0.1) is 0 Å². The van der Waals surface area contributed by atoms with Crippen LogP contribution in [0.5, 0.6) is 11.5 Å². The Morgan fingerprint density at radius 2 is 1.92 bits per heavy atom. The molecular formula is C17H16N4O2S. The van der Waals surface area contributed by atoms with Gasteiger partial charge in [0.25, 0.3) is 0 Å². The van der Waals surface area contributed by atoms with E-state index < -0.39 is 0 Å². The highest BCUT2D eigenvalue weighted by Crippen LogP contribution is 2.23. The van der Waals surface area contributed by atoms with Crippen LogP contribution in [0.1, 0.15) is 5.56 Å². The molecule has 6 nitrogen and oxygen atoms in total. The summed E-state index contributed by atoms with van der Waals surface area (Å²) in [6.45, 7) is 0. The Morgan fingerprint density at radius 1 is 1.12 bits per heavy atom. The van der Waals surface area contributed by atoms with E-state index in [2.05, 4.69) is 15.3 Å². The van der Waals surface area contributed by atoms with Gasteiger partial charge in [-0.2, -0.15) is 14.9 Å². The van der Waals surface area contributed by atoms with Crippen LogP contribution in [0.2, 0.25) is 0 Å². The van der Waals surface area contributed by atoms with E-state index in [-0.39, 0.29) is 0 Å². The molecule has 3 rings (SSSR count). The topological polar surface area (TPSA) is 64.4 Å². The zero-order chi connectivity index (χ0) is 16.9. The molecule has 0 bridgehead atoms. The average Bonchev–Trinajstić information content (AvgIpc) is 3.01. The minimum Gasteiger partial charge on any atom is -0.497 e. The minimum absolute atomic E-state index is 0.414. The molecule has 0 radical (unpaired) electrons. The SMILES string of the molecule is COc1ccc(/C=N/n2c(-c3ccccc3)n[nH]c2=S)c(OC)c1. The number of methoxy groups -OCH3 is 2. The summed E-state index contributed by atoms with van der Waals surface area (Å²) in [4.78, 5) is 0. The Balaban J connectivity index is 1.99. The molecule has 2 aromatic carbocycles. The van der Waals surface area contributed by atoms with Gasteiger partial charge in [-0.3, -0.25) is 0 Å². The van der Waals surface area contributed by atoms with Gasteiger partial charge in [0.2, 0.25) is 4.77 Å². The highest BCUT2D eigenvalue weighted by Gasteiger charge is 2.08. The minimum atomic E-state index is 0.414. The lowest BCUT2D eigenvalue weighted by Gasteiger charge is -2.07. The molecule has 122 valence electrons. The van der Waals surface area contributed by atoms with Crippen LogP contribution in [0.4, 0.5) is 0 Å². The van der Waals surface area contributed by atoms with Crippen LogP contribution in [-0.2, 0) is 0 Å². The molecule has 0 saturated carbocycles. The lowest BCUT2D eigenvalue weighted by Crippen LogP contribution is -1.97. The van der Waals surface area contributed by atoms with Crippen LogP contribution in [0.25, 0.3) is 11.4 Å². The van der Waals surface area contributed by atoms with Gasteiger partial charge in [0.1, 0.15) is 11.5 Å². The normalized spacial score (nSPS) is 10.9. The largest absolute Gasteiger partial charge is 0.497 e. The first-order valence-corrected chi connectivity index (χ1v) is 7.63. The van der Waals surface area contributed by atoms with Crippen LogP contribution in [0, 0.1) is 4.77 Å². The molecule has 1 heterocycles. The van der Waals surface area contributed by atoms with Gasteiger partial charge in [0.15, 0.2) is 5.82 Å². The van der Waals surface area contributed by atoms with Gasteiger partial charge >= 0.3 is 0 Å². The Kier molecular flexibility index (Phi) is 4.72. The Labute approximate surface area is 144 Å². The maximum Gasteiger partial charge on any atom is 0.216 e. The zero-order valence-electron chi connectivity index (χ0n) is 13.3. The van der Waals surface area contributed by atoms with E-state index in [9.17, 15) is 0 Å². The number of nitrogens with zero attached hydrogens (tertiary/aromatic N) is 3. The van der Waals surface area contributed by atoms with E-state index in [1.807, 2.05) is 42.5 Å². The molecule has 0 aliphatic heterocycles. The highest BCUT2D eigenvalue weighted by molar-refractivity contribution is 7.71. The third-order valence-corrected chi connectivity index (χ3v) is 3.70. The molecule has 0 aliphatic rings. The molecule has 0 saturated heterocycles. The summed E-state index contributed by atoms with van der Waals surface area (Å²) in [7, 11) is 3.21. The van der Waals surface area contributed by atoms with Gasteiger partial charge in [-0.25, -0.2) is 5.10 Å². The number of hydrogen-bond donors (Lipinski definition) is 1. The molecule has 1 N–H and O–H groups in total. The number of ether oxygens (including phenoxy) is 2. The highest BCUT2D eigenvalue weighted by atomic mass is 32.1. The second-order valence-electron chi connectivity index (χ2n) is 4.88. The number of rotatable bonds is 5. The standard InChI is InChI=1S/C17H16N4O2S/c1-22-14-9-8-13(15(10-14)23-2)11-18-21-16(19-20-17(21)24)12-6-4-3-5-7-12/h3-11H,1-2H3,(H,20,24)/b18-11+. The Morgan fingerprint density at radius 3 is 2.62 bits per heavy atom. The molecule has 0 spiro atoms. The van der Waals surface area contributed by atoms with Crippen molar-refractivity contribution >= 4 is 18.4 Å². The first kappa shape index (κ1) is 15.9. The maximum atomic E-state index is 5.37. The van der Waals surface area contributed by atoms with Crippen molar-refractivity contribution in [2.45, 2.75) is 0 Å². The van der Waals surface area contributed by atoms with E-state index in [0.717, 1.165) is 11.1 Å². The van der Waals surface area contributed by atoms with E-state index in [1.54, 1.807) is 31.2 Å². The lowest BCUT2D eigenvalue weighted by atomic mass is 10.2. The third kappa shape index (κ3) is 3.21. The van der Waals surface area contributed by atoms with Crippen molar-refractivity contribution in [3.05, 3.63) is 58.9 Å². The van der Waals surface area contributed by atoms with Crippen molar-refractivity contribution in [1.82, 2.24) is 14.9 Å². The number of benzene rings is 2. The summed E-state index contributed by atoms with van der Waals surface area (Å²) in [5.41, 5.74) is 1.73. The van der Waals surface area contributed by atoms with Gasteiger partial charge in [0.05, 0.1) is 20.4 Å². The molecule has 24 heavy (non-hydrogen) atoms. The number of aromatic amines is 1. The third-order valence-electron chi connectivity index (χ3n) is 3.44. The van der Waals surface area contributed by atoms with Crippen molar-refractivity contribution in [2.24, 2.45) is 5.10 Å². The zero-order valence-corrected chi connectivity index (χ0v) is 14.1.